The molecule has 8 nitrogen and oxygen atoms in total. The van der Waals surface area contributed by atoms with Crippen molar-refractivity contribution in [2.24, 2.45) is 0 Å². The smallest absolute Gasteiger partial charge is 0.339 e. The van der Waals surface area contributed by atoms with Crippen molar-refractivity contribution in [2.75, 3.05) is 11.8 Å². The Morgan fingerprint density at radius 2 is 2.16 bits per heavy atom. The van der Waals surface area contributed by atoms with Crippen LogP contribution in [0.4, 0.5) is 5.69 Å². The molecule has 0 saturated heterocycles. The molecular formula is C15H10N4O4S2. The molecule has 0 aliphatic heterocycles. The Kier molecular flexibility index (Phi) is 4.35. The number of rotatable bonds is 4. The zero-order valence-corrected chi connectivity index (χ0v) is 14.4. The van der Waals surface area contributed by atoms with E-state index in [1.54, 1.807) is 6.07 Å². The van der Waals surface area contributed by atoms with E-state index in [-0.39, 0.29) is 21.8 Å². The summed E-state index contributed by atoms with van der Waals surface area (Å²) in [7, 11) is -2.93. The highest BCUT2D eigenvalue weighted by atomic mass is 32.2. The van der Waals surface area contributed by atoms with Crippen molar-refractivity contribution in [1.82, 2.24) is 9.36 Å². The van der Waals surface area contributed by atoms with Gasteiger partial charge in [-0.3, -0.25) is 4.72 Å². The topological polar surface area (TPSA) is 122 Å². The van der Waals surface area contributed by atoms with Crippen LogP contribution in [0.3, 0.4) is 0 Å². The largest absolute Gasteiger partial charge is 0.465 e. The van der Waals surface area contributed by atoms with E-state index in [0.717, 1.165) is 11.5 Å². The third kappa shape index (κ3) is 3.15. The molecule has 2 aromatic heterocycles. The number of hydrogen-bond acceptors (Lipinski definition) is 8. The standard InChI is InChI=1S/C15H10N4O4S2/c1-23-15(20)10-3-2-9(7-16)6-12(10)19-25(21,22)14-11-8-18-24-13(11)4-5-17-14/h2-6,8,19H,1H3. The summed E-state index contributed by atoms with van der Waals surface area (Å²) in [6, 6.07) is 7.52. The SMILES string of the molecule is COC(=O)c1ccc(C#N)cc1NS(=O)(=O)c1nccc2sncc12. The minimum Gasteiger partial charge on any atom is -0.465 e. The quantitative estimate of drug-likeness (QED) is 0.694. The first-order valence-electron chi connectivity index (χ1n) is 6.81. The average molecular weight is 374 g/mol. The van der Waals surface area contributed by atoms with Crippen LogP contribution in [0.1, 0.15) is 15.9 Å². The van der Waals surface area contributed by atoms with Crippen LogP contribution in [0.15, 0.2) is 41.7 Å². The highest BCUT2D eigenvalue weighted by Gasteiger charge is 2.23. The van der Waals surface area contributed by atoms with Gasteiger partial charge in [0.2, 0.25) is 0 Å². The molecule has 25 heavy (non-hydrogen) atoms. The van der Waals surface area contributed by atoms with E-state index >= 15 is 0 Å². The molecule has 3 rings (SSSR count). The summed E-state index contributed by atoms with van der Waals surface area (Å²) in [6.07, 6.45) is 2.77. The van der Waals surface area contributed by atoms with E-state index in [0.29, 0.717) is 10.1 Å². The maximum absolute atomic E-state index is 12.7. The fourth-order valence-corrected chi connectivity index (χ4v) is 4.08. The van der Waals surface area contributed by atoms with Crippen LogP contribution in [0.2, 0.25) is 0 Å². The van der Waals surface area contributed by atoms with Gasteiger partial charge in [-0.25, -0.2) is 9.78 Å². The van der Waals surface area contributed by atoms with Gasteiger partial charge in [0.15, 0.2) is 5.03 Å². The van der Waals surface area contributed by atoms with E-state index in [4.69, 9.17) is 5.26 Å². The second-order valence-corrected chi connectivity index (χ2v) is 7.25. The number of fused-ring (bicyclic) bond motifs is 1. The van der Waals surface area contributed by atoms with Crippen LogP contribution in [0.25, 0.3) is 10.1 Å². The fourth-order valence-electron chi connectivity index (χ4n) is 2.17. The Hall–Kier alpha value is -3.03. The second kappa shape index (κ2) is 6.46. The highest BCUT2D eigenvalue weighted by molar-refractivity contribution is 7.92. The summed E-state index contributed by atoms with van der Waals surface area (Å²) >= 11 is 1.14. The number of nitriles is 1. The molecule has 0 bridgehead atoms. The van der Waals surface area contributed by atoms with Crippen LogP contribution >= 0.6 is 11.5 Å². The number of methoxy groups -OCH3 is 1. The van der Waals surface area contributed by atoms with E-state index in [1.807, 2.05) is 6.07 Å². The number of ether oxygens (including phenoxy) is 1. The Balaban J connectivity index is 2.11. The first-order chi connectivity index (χ1) is 12.0. The van der Waals surface area contributed by atoms with Crippen molar-refractivity contribution < 1.29 is 17.9 Å². The highest BCUT2D eigenvalue weighted by Crippen LogP contribution is 2.27. The van der Waals surface area contributed by atoms with Crippen molar-refractivity contribution >= 4 is 43.3 Å². The number of hydrogen-bond donors (Lipinski definition) is 1. The number of carbonyl (C=O) groups is 1. The Morgan fingerprint density at radius 1 is 1.36 bits per heavy atom. The third-order valence-corrected chi connectivity index (χ3v) is 5.39. The van der Waals surface area contributed by atoms with Crippen molar-refractivity contribution in [3.05, 3.63) is 47.8 Å². The summed E-state index contributed by atoms with van der Waals surface area (Å²) < 4.78 is 37.1. The number of carbonyl (C=O) groups excluding carboxylic acids is 1. The Bertz CT molecular complexity index is 1120. The van der Waals surface area contributed by atoms with Crippen LogP contribution in [0.5, 0.6) is 0 Å². The van der Waals surface area contributed by atoms with Crippen LogP contribution < -0.4 is 4.72 Å². The molecule has 0 aliphatic rings. The van der Waals surface area contributed by atoms with E-state index in [2.05, 4.69) is 18.8 Å². The summed E-state index contributed by atoms with van der Waals surface area (Å²) in [5, 5.41) is 9.18. The number of pyridine rings is 1. The minimum absolute atomic E-state index is 0.0132. The minimum atomic E-state index is -4.11. The lowest BCUT2D eigenvalue weighted by Crippen LogP contribution is -2.17. The molecule has 0 unspecified atom stereocenters. The average Bonchev–Trinajstić information content (AvgIpc) is 3.09. The molecular weight excluding hydrogens is 364 g/mol. The van der Waals surface area contributed by atoms with Gasteiger partial charge in [0.05, 0.1) is 46.3 Å². The van der Waals surface area contributed by atoms with Crippen molar-refractivity contribution in [3.8, 4) is 6.07 Å². The van der Waals surface area contributed by atoms with Gasteiger partial charge in [-0.2, -0.15) is 18.1 Å². The molecule has 3 aromatic rings. The number of anilines is 1. The molecule has 0 saturated carbocycles. The fraction of sp³-hybridized carbons (Fsp3) is 0.0667. The Labute approximate surface area is 146 Å². The van der Waals surface area contributed by atoms with Gasteiger partial charge in [-0.1, -0.05) is 0 Å². The van der Waals surface area contributed by atoms with Crippen LogP contribution in [0, 0.1) is 11.3 Å². The molecule has 0 radical (unpaired) electrons. The Morgan fingerprint density at radius 3 is 2.88 bits per heavy atom. The zero-order chi connectivity index (χ0) is 18.0. The molecule has 0 fully saturated rings. The third-order valence-electron chi connectivity index (χ3n) is 3.30. The number of nitrogens with one attached hydrogen (secondary N) is 1. The number of nitrogens with zero attached hydrogens (tertiary/aromatic N) is 3. The predicted octanol–water partition coefficient (Wildman–Crippen LogP) is 2.15. The van der Waals surface area contributed by atoms with Gasteiger partial charge in [-0.15, -0.1) is 0 Å². The second-order valence-electron chi connectivity index (χ2n) is 4.82. The molecule has 10 heteroatoms. The lowest BCUT2D eigenvalue weighted by molar-refractivity contribution is 0.0602. The van der Waals surface area contributed by atoms with Crippen molar-refractivity contribution in [1.29, 1.82) is 5.26 Å². The normalized spacial score (nSPS) is 11.0. The predicted molar refractivity (Wildman–Crippen MR) is 90.7 cm³/mol. The molecule has 0 aliphatic carbocycles. The molecule has 0 spiro atoms. The molecule has 0 amide bonds. The van der Waals surface area contributed by atoms with Gasteiger partial charge in [0.25, 0.3) is 10.0 Å². The van der Waals surface area contributed by atoms with E-state index < -0.39 is 16.0 Å². The van der Waals surface area contributed by atoms with Crippen LogP contribution in [-0.4, -0.2) is 30.9 Å². The molecule has 1 N–H and O–H groups in total. The van der Waals surface area contributed by atoms with Gasteiger partial charge in [-0.05, 0) is 35.8 Å². The molecule has 0 atom stereocenters. The first-order valence-corrected chi connectivity index (χ1v) is 9.06. The summed E-state index contributed by atoms with van der Waals surface area (Å²) in [6.45, 7) is 0. The zero-order valence-electron chi connectivity index (χ0n) is 12.8. The molecule has 126 valence electrons. The number of esters is 1. The van der Waals surface area contributed by atoms with Gasteiger partial charge < -0.3 is 4.74 Å². The maximum atomic E-state index is 12.7. The monoisotopic (exact) mass is 374 g/mol. The van der Waals surface area contributed by atoms with Crippen LogP contribution in [-0.2, 0) is 14.8 Å². The summed E-state index contributed by atoms with van der Waals surface area (Å²) in [5.41, 5.74) is 0.113. The van der Waals surface area contributed by atoms with Gasteiger partial charge >= 0.3 is 5.97 Å². The van der Waals surface area contributed by atoms with Gasteiger partial charge in [0.1, 0.15) is 0 Å². The maximum Gasteiger partial charge on any atom is 0.339 e. The molecule has 2 heterocycles. The van der Waals surface area contributed by atoms with E-state index in [1.165, 1.54) is 37.7 Å². The van der Waals surface area contributed by atoms with Gasteiger partial charge in [0, 0.05) is 6.20 Å². The number of benzene rings is 1. The lowest BCUT2D eigenvalue weighted by atomic mass is 10.1. The van der Waals surface area contributed by atoms with Crippen molar-refractivity contribution in [2.45, 2.75) is 5.03 Å². The lowest BCUT2D eigenvalue weighted by Gasteiger charge is -2.12. The summed E-state index contributed by atoms with van der Waals surface area (Å²) in [4.78, 5) is 15.8. The summed E-state index contributed by atoms with van der Waals surface area (Å²) in [5.74, 6) is -0.731. The van der Waals surface area contributed by atoms with Crippen molar-refractivity contribution in [3.63, 3.8) is 0 Å². The number of aromatic nitrogens is 2. The first kappa shape index (κ1) is 16.8. The molecule has 1 aromatic carbocycles. The van der Waals surface area contributed by atoms with E-state index in [9.17, 15) is 13.2 Å². The number of sulfonamides is 1.